The molecule has 0 bridgehead atoms. The number of ether oxygens (including phenoxy) is 1. The number of benzene rings is 3. The summed E-state index contributed by atoms with van der Waals surface area (Å²) in [6.45, 7) is 4.07. The molecule has 4 aromatic rings. The number of sulfonamides is 1. The largest absolute Gasteiger partial charge is 0.495 e. The van der Waals surface area contributed by atoms with Gasteiger partial charge in [-0.15, -0.1) is 0 Å². The molecule has 1 N–H and O–H groups in total. The van der Waals surface area contributed by atoms with Crippen molar-refractivity contribution >= 4 is 39.0 Å². The van der Waals surface area contributed by atoms with Gasteiger partial charge in [0.25, 0.3) is 14.9 Å². The van der Waals surface area contributed by atoms with Gasteiger partial charge in [0.1, 0.15) is 5.75 Å². The average molecular weight is 484 g/mol. The predicted molar refractivity (Wildman–Crippen MR) is 131 cm³/mol. The van der Waals surface area contributed by atoms with Gasteiger partial charge < -0.3 is 9.15 Å². The van der Waals surface area contributed by atoms with Crippen LogP contribution in [0.15, 0.2) is 82.1 Å². The first-order chi connectivity index (χ1) is 15.9. The van der Waals surface area contributed by atoms with Crippen LogP contribution in [0.5, 0.6) is 5.75 Å². The van der Waals surface area contributed by atoms with Crippen LogP contribution in [0.25, 0.3) is 11.1 Å². The summed E-state index contributed by atoms with van der Waals surface area (Å²) >= 11 is 5.45. The first kappa shape index (κ1) is 23.0. The minimum Gasteiger partial charge on any atom is -0.495 e. The maximum absolute atomic E-state index is 13.1. The Kier molecular flexibility index (Phi) is 6.83. The van der Waals surface area contributed by atoms with Gasteiger partial charge in [-0.1, -0.05) is 49.4 Å². The van der Waals surface area contributed by atoms with Crippen LogP contribution in [0, 0.1) is 4.84 Å². The van der Waals surface area contributed by atoms with Crippen molar-refractivity contribution in [3.05, 3.63) is 83.2 Å². The zero-order chi connectivity index (χ0) is 23.4. The number of fused-ring (bicyclic) bond motifs is 1. The Morgan fingerprint density at radius 2 is 1.79 bits per heavy atom. The number of hydrogen-bond acceptors (Lipinski definition) is 6. The van der Waals surface area contributed by atoms with Crippen LogP contribution in [-0.2, 0) is 23.2 Å². The summed E-state index contributed by atoms with van der Waals surface area (Å²) in [5, 5.41) is 0. The van der Waals surface area contributed by atoms with Crippen molar-refractivity contribution in [3.8, 4) is 5.75 Å². The Morgan fingerprint density at radius 3 is 2.52 bits per heavy atom. The van der Waals surface area contributed by atoms with Gasteiger partial charge in [0, 0.05) is 6.54 Å². The lowest BCUT2D eigenvalue weighted by Gasteiger charge is -2.21. The maximum Gasteiger partial charge on any atom is 0.270 e. The molecule has 4 rings (SSSR count). The van der Waals surface area contributed by atoms with Crippen LogP contribution in [0.2, 0.25) is 0 Å². The molecule has 33 heavy (non-hydrogen) atoms. The number of nitrogens with one attached hydrogen (secondary N) is 1. The zero-order valence-electron chi connectivity index (χ0n) is 18.4. The zero-order valence-corrected chi connectivity index (χ0v) is 20.0. The summed E-state index contributed by atoms with van der Waals surface area (Å²) in [6, 6.07) is 21.7. The first-order valence-electron chi connectivity index (χ1n) is 10.5. The highest BCUT2D eigenvalue weighted by molar-refractivity contribution is 7.92. The van der Waals surface area contributed by atoms with E-state index in [0.717, 1.165) is 13.1 Å². The van der Waals surface area contributed by atoms with Crippen LogP contribution in [0.3, 0.4) is 0 Å². The third-order valence-electron chi connectivity index (χ3n) is 5.34. The van der Waals surface area contributed by atoms with Gasteiger partial charge in [0.15, 0.2) is 5.58 Å². The van der Waals surface area contributed by atoms with Crippen molar-refractivity contribution < 1.29 is 17.6 Å². The molecule has 0 saturated carbocycles. The van der Waals surface area contributed by atoms with Crippen molar-refractivity contribution in [3.63, 3.8) is 0 Å². The van der Waals surface area contributed by atoms with Crippen molar-refractivity contribution in [2.75, 3.05) is 18.4 Å². The van der Waals surface area contributed by atoms with Crippen LogP contribution in [-0.4, -0.2) is 31.5 Å². The number of rotatable bonds is 9. The number of oxazole rings is 1. The fourth-order valence-corrected chi connectivity index (χ4v) is 4.91. The van der Waals surface area contributed by atoms with Crippen LogP contribution >= 0.6 is 12.2 Å². The third kappa shape index (κ3) is 5.11. The topological polar surface area (TPSA) is 76.7 Å². The van der Waals surface area contributed by atoms with Gasteiger partial charge in [-0.2, -0.15) is 0 Å². The fraction of sp³-hybridized carbons (Fsp3) is 0.208. The summed E-state index contributed by atoms with van der Waals surface area (Å²) in [7, 11) is -2.37. The van der Waals surface area contributed by atoms with Crippen molar-refractivity contribution in [1.82, 2.24) is 9.47 Å². The number of anilines is 1. The molecule has 0 unspecified atom stereocenters. The predicted octanol–water partition coefficient (Wildman–Crippen LogP) is 5.25. The third-order valence-corrected chi connectivity index (χ3v) is 7.00. The highest BCUT2D eigenvalue weighted by Gasteiger charge is 2.19. The average Bonchev–Trinajstić information content (AvgIpc) is 3.13. The van der Waals surface area contributed by atoms with E-state index in [1.807, 2.05) is 22.8 Å². The van der Waals surface area contributed by atoms with Gasteiger partial charge in [0.2, 0.25) is 0 Å². The minimum absolute atomic E-state index is 0.108. The number of hydrogen-bond donors (Lipinski definition) is 1. The van der Waals surface area contributed by atoms with E-state index in [-0.39, 0.29) is 4.90 Å². The van der Waals surface area contributed by atoms with Gasteiger partial charge >= 0.3 is 0 Å². The SMILES string of the molecule is CCN(Cc1ccccc1)Cn1c(=S)oc2ccc(S(=O)(=O)Nc3ccccc3OC)cc21. The normalized spacial score (nSPS) is 11.7. The number of methoxy groups -OCH3 is 1. The smallest absolute Gasteiger partial charge is 0.270 e. The van der Waals surface area contributed by atoms with E-state index < -0.39 is 10.0 Å². The van der Waals surface area contributed by atoms with Crippen LogP contribution in [0.4, 0.5) is 5.69 Å². The summed E-state index contributed by atoms with van der Waals surface area (Å²) < 4.78 is 41.6. The lowest BCUT2D eigenvalue weighted by Crippen LogP contribution is -2.25. The minimum atomic E-state index is -3.86. The fourth-order valence-electron chi connectivity index (χ4n) is 3.58. The Balaban J connectivity index is 1.66. The molecule has 0 aliphatic heterocycles. The van der Waals surface area contributed by atoms with E-state index in [1.54, 1.807) is 36.4 Å². The lowest BCUT2D eigenvalue weighted by atomic mass is 10.2. The second kappa shape index (κ2) is 9.78. The Labute approximate surface area is 198 Å². The second-order valence-electron chi connectivity index (χ2n) is 7.50. The molecule has 0 atom stereocenters. The first-order valence-corrected chi connectivity index (χ1v) is 12.4. The molecule has 0 fully saturated rings. The molecule has 0 spiro atoms. The molecule has 1 aromatic heterocycles. The lowest BCUT2D eigenvalue weighted by molar-refractivity contribution is 0.219. The molecule has 9 heteroatoms. The standard InChI is InChI=1S/C24H25N3O4S2/c1-3-26(16-18-9-5-4-6-10-18)17-27-21-15-19(13-14-23(21)31-24(27)32)33(28,29)25-20-11-7-8-12-22(20)30-2/h4-15,25H,3,16-17H2,1-2H3. The summed E-state index contributed by atoms with van der Waals surface area (Å²) in [4.78, 5) is 2.61. The second-order valence-corrected chi connectivity index (χ2v) is 9.54. The van der Waals surface area contributed by atoms with Gasteiger partial charge in [-0.3, -0.25) is 14.2 Å². The molecule has 0 aliphatic carbocycles. The van der Waals surface area contributed by atoms with Crippen LogP contribution in [0.1, 0.15) is 12.5 Å². The highest BCUT2D eigenvalue weighted by Crippen LogP contribution is 2.28. The molecule has 7 nitrogen and oxygen atoms in total. The Bertz CT molecular complexity index is 1410. The van der Waals surface area contributed by atoms with Crippen molar-refractivity contribution in [2.45, 2.75) is 25.0 Å². The molecular formula is C24H25N3O4S2. The molecule has 172 valence electrons. The summed E-state index contributed by atoms with van der Waals surface area (Å²) in [5.41, 5.74) is 2.70. The maximum atomic E-state index is 13.1. The molecule has 0 radical (unpaired) electrons. The molecular weight excluding hydrogens is 458 g/mol. The van der Waals surface area contributed by atoms with E-state index in [2.05, 4.69) is 28.7 Å². The highest BCUT2D eigenvalue weighted by atomic mass is 32.2. The summed E-state index contributed by atoms with van der Waals surface area (Å²) in [5.74, 6) is 0.438. The molecule has 1 heterocycles. The number of aromatic nitrogens is 1. The quantitative estimate of drug-likeness (QED) is 0.328. The van der Waals surface area contributed by atoms with Crippen molar-refractivity contribution in [1.29, 1.82) is 0 Å². The number of para-hydroxylation sites is 2. The van der Waals surface area contributed by atoms with Gasteiger partial charge in [-0.05, 0) is 54.7 Å². The van der Waals surface area contributed by atoms with Gasteiger partial charge in [-0.25, -0.2) is 8.42 Å². The van der Waals surface area contributed by atoms with E-state index >= 15 is 0 Å². The van der Waals surface area contributed by atoms with E-state index in [0.29, 0.717) is 34.0 Å². The molecule has 0 saturated heterocycles. The van der Waals surface area contributed by atoms with Crippen molar-refractivity contribution in [2.24, 2.45) is 0 Å². The van der Waals surface area contributed by atoms with E-state index in [9.17, 15) is 8.42 Å². The molecule has 0 amide bonds. The summed E-state index contributed by atoms with van der Waals surface area (Å²) in [6.07, 6.45) is 0. The number of nitrogens with zero attached hydrogens (tertiary/aromatic N) is 2. The van der Waals surface area contributed by atoms with Gasteiger partial charge in [0.05, 0.1) is 29.9 Å². The Hall–Kier alpha value is -3.14. The van der Waals surface area contributed by atoms with E-state index in [1.165, 1.54) is 18.7 Å². The Morgan fingerprint density at radius 1 is 1.06 bits per heavy atom. The molecule has 3 aromatic carbocycles. The van der Waals surface area contributed by atoms with Crippen LogP contribution < -0.4 is 9.46 Å². The monoisotopic (exact) mass is 483 g/mol. The molecule has 0 aliphatic rings. The van der Waals surface area contributed by atoms with E-state index in [4.69, 9.17) is 21.4 Å².